The van der Waals surface area contributed by atoms with Crippen LogP contribution in [0.15, 0.2) is 18.2 Å². The highest BCUT2D eigenvalue weighted by atomic mass is 16.5. The topological polar surface area (TPSA) is 64.7 Å². The molecule has 4 nitrogen and oxygen atoms in total. The Morgan fingerprint density at radius 1 is 1.31 bits per heavy atom. The van der Waals surface area contributed by atoms with Gasteiger partial charge in [-0.25, -0.2) is 0 Å². The van der Waals surface area contributed by atoms with Crippen molar-refractivity contribution < 1.29 is 14.6 Å². The fraction of sp³-hybridized carbons (Fsp3) is 0.500. The van der Waals surface area contributed by atoms with Crippen molar-refractivity contribution in [2.75, 3.05) is 13.7 Å². The molecule has 0 spiro atoms. The minimum atomic E-state index is -0.436. The largest absolute Gasteiger partial charge is 0.493 e. The molecule has 0 heterocycles. The summed E-state index contributed by atoms with van der Waals surface area (Å²) < 4.78 is 10.9. The molecule has 0 unspecified atom stereocenters. The molecular formula is C12H19NO3. The van der Waals surface area contributed by atoms with E-state index in [9.17, 15) is 0 Å². The zero-order valence-electron chi connectivity index (χ0n) is 9.99. The van der Waals surface area contributed by atoms with Crippen molar-refractivity contribution >= 4 is 0 Å². The Balaban J connectivity index is 2.96. The number of hydrogen-bond acceptors (Lipinski definition) is 4. The molecule has 0 saturated carbocycles. The number of nitrogens with two attached hydrogens (primary N) is 1. The van der Waals surface area contributed by atoms with Crippen LogP contribution in [0.4, 0.5) is 0 Å². The summed E-state index contributed by atoms with van der Waals surface area (Å²) in [6, 6.07) is 5.33. The van der Waals surface area contributed by atoms with E-state index in [0.717, 1.165) is 5.56 Å². The van der Waals surface area contributed by atoms with Gasteiger partial charge in [-0.15, -0.1) is 0 Å². The maximum atomic E-state index is 9.01. The lowest BCUT2D eigenvalue weighted by Gasteiger charge is -2.25. The van der Waals surface area contributed by atoms with Crippen LogP contribution in [-0.4, -0.2) is 24.4 Å². The number of aliphatic hydroxyl groups excluding tert-OH is 1. The Hall–Kier alpha value is -1.26. The van der Waals surface area contributed by atoms with E-state index in [1.807, 2.05) is 13.8 Å². The zero-order chi connectivity index (χ0) is 12.2. The van der Waals surface area contributed by atoms with E-state index in [2.05, 4.69) is 0 Å². The van der Waals surface area contributed by atoms with E-state index < -0.39 is 5.60 Å². The first-order valence-corrected chi connectivity index (χ1v) is 5.19. The fourth-order valence-electron chi connectivity index (χ4n) is 1.23. The molecule has 0 bridgehead atoms. The van der Waals surface area contributed by atoms with Crippen molar-refractivity contribution in [2.45, 2.75) is 26.1 Å². The van der Waals surface area contributed by atoms with Gasteiger partial charge in [-0.1, -0.05) is 6.07 Å². The third-order valence-corrected chi connectivity index (χ3v) is 2.29. The van der Waals surface area contributed by atoms with Crippen LogP contribution in [-0.2, 0) is 6.61 Å². The number of methoxy groups -OCH3 is 1. The molecule has 0 fully saturated rings. The van der Waals surface area contributed by atoms with E-state index in [0.29, 0.717) is 18.0 Å². The molecule has 0 aliphatic carbocycles. The van der Waals surface area contributed by atoms with E-state index >= 15 is 0 Å². The van der Waals surface area contributed by atoms with Gasteiger partial charge in [0.05, 0.1) is 13.7 Å². The Labute approximate surface area is 96.0 Å². The predicted molar refractivity (Wildman–Crippen MR) is 62.7 cm³/mol. The highest BCUT2D eigenvalue weighted by molar-refractivity contribution is 5.43. The molecule has 16 heavy (non-hydrogen) atoms. The van der Waals surface area contributed by atoms with Gasteiger partial charge in [0.25, 0.3) is 0 Å². The van der Waals surface area contributed by atoms with Crippen molar-refractivity contribution in [1.82, 2.24) is 0 Å². The average Bonchev–Trinajstić information content (AvgIpc) is 2.29. The Morgan fingerprint density at radius 3 is 2.50 bits per heavy atom. The van der Waals surface area contributed by atoms with Gasteiger partial charge >= 0.3 is 0 Å². The normalized spacial score (nSPS) is 11.3. The molecule has 0 saturated heterocycles. The lowest BCUT2D eigenvalue weighted by molar-refractivity contribution is 0.114. The van der Waals surface area contributed by atoms with Crippen LogP contribution >= 0.6 is 0 Å². The number of benzene rings is 1. The molecule has 90 valence electrons. The van der Waals surface area contributed by atoms with Crippen LogP contribution < -0.4 is 15.2 Å². The monoisotopic (exact) mass is 225 g/mol. The van der Waals surface area contributed by atoms with Crippen molar-refractivity contribution in [2.24, 2.45) is 5.73 Å². The summed E-state index contributed by atoms with van der Waals surface area (Å²) in [6.07, 6.45) is 0. The molecule has 0 atom stereocenters. The quantitative estimate of drug-likeness (QED) is 0.793. The molecule has 0 amide bonds. The molecule has 0 aromatic heterocycles. The van der Waals surface area contributed by atoms with Crippen LogP contribution in [0.1, 0.15) is 19.4 Å². The maximum Gasteiger partial charge on any atom is 0.162 e. The Kier molecular flexibility index (Phi) is 4.15. The van der Waals surface area contributed by atoms with Crippen LogP contribution in [0.3, 0.4) is 0 Å². The van der Waals surface area contributed by atoms with Crippen molar-refractivity contribution in [3.8, 4) is 11.5 Å². The van der Waals surface area contributed by atoms with Gasteiger partial charge in [0, 0.05) is 6.54 Å². The van der Waals surface area contributed by atoms with Crippen LogP contribution in [0.5, 0.6) is 11.5 Å². The standard InChI is InChI=1S/C12H19NO3/c1-12(2,8-13)16-10-5-4-9(7-14)6-11(10)15-3/h4-6,14H,7-8,13H2,1-3H3. The van der Waals surface area contributed by atoms with E-state index in [-0.39, 0.29) is 6.61 Å². The fourth-order valence-corrected chi connectivity index (χ4v) is 1.23. The van der Waals surface area contributed by atoms with Crippen molar-refractivity contribution in [3.63, 3.8) is 0 Å². The summed E-state index contributed by atoms with van der Waals surface area (Å²) in [5.74, 6) is 1.24. The molecule has 1 rings (SSSR count). The molecule has 3 N–H and O–H groups in total. The second kappa shape index (κ2) is 5.18. The third-order valence-electron chi connectivity index (χ3n) is 2.29. The maximum absolute atomic E-state index is 9.01. The number of ether oxygens (including phenoxy) is 2. The number of aliphatic hydroxyl groups is 1. The summed E-state index contributed by atoms with van der Waals surface area (Å²) in [7, 11) is 1.57. The highest BCUT2D eigenvalue weighted by Crippen LogP contribution is 2.30. The predicted octanol–water partition coefficient (Wildman–Crippen LogP) is 1.30. The molecule has 1 aromatic rings. The summed E-state index contributed by atoms with van der Waals surface area (Å²) in [4.78, 5) is 0. The van der Waals surface area contributed by atoms with Crippen LogP contribution in [0.25, 0.3) is 0 Å². The van der Waals surface area contributed by atoms with Crippen LogP contribution in [0.2, 0.25) is 0 Å². The lowest BCUT2D eigenvalue weighted by atomic mass is 10.1. The SMILES string of the molecule is COc1cc(CO)ccc1OC(C)(C)CN. The second-order valence-corrected chi connectivity index (χ2v) is 4.21. The Morgan fingerprint density at radius 2 is 2.00 bits per heavy atom. The van der Waals surface area contributed by atoms with Gasteiger partial charge in [0.2, 0.25) is 0 Å². The van der Waals surface area contributed by atoms with Gasteiger partial charge in [0.1, 0.15) is 5.60 Å². The van der Waals surface area contributed by atoms with Gasteiger partial charge in [-0.05, 0) is 31.5 Å². The minimum Gasteiger partial charge on any atom is -0.493 e. The smallest absolute Gasteiger partial charge is 0.162 e. The van der Waals surface area contributed by atoms with Gasteiger partial charge < -0.3 is 20.3 Å². The minimum absolute atomic E-state index is 0.0169. The first kappa shape index (κ1) is 12.8. The van der Waals surface area contributed by atoms with E-state index in [4.69, 9.17) is 20.3 Å². The molecule has 0 aliphatic rings. The number of rotatable bonds is 5. The van der Waals surface area contributed by atoms with Gasteiger partial charge in [-0.2, -0.15) is 0 Å². The zero-order valence-corrected chi connectivity index (χ0v) is 9.99. The van der Waals surface area contributed by atoms with Crippen molar-refractivity contribution in [1.29, 1.82) is 0 Å². The Bertz CT molecular complexity index is 350. The first-order chi connectivity index (χ1) is 7.52. The highest BCUT2D eigenvalue weighted by Gasteiger charge is 2.19. The molecular weight excluding hydrogens is 206 g/mol. The van der Waals surface area contributed by atoms with Gasteiger partial charge in [0.15, 0.2) is 11.5 Å². The van der Waals surface area contributed by atoms with Crippen LogP contribution in [0, 0.1) is 0 Å². The molecule has 0 aliphatic heterocycles. The van der Waals surface area contributed by atoms with E-state index in [1.165, 1.54) is 0 Å². The summed E-state index contributed by atoms with van der Waals surface area (Å²) in [5.41, 5.74) is 5.95. The van der Waals surface area contributed by atoms with E-state index in [1.54, 1.807) is 25.3 Å². The third kappa shape index (κ3) is 3.12. The van der Waals surface area contributed by atoms with Gasteiger partial charge in [-0.3, -0.25) is 0 Å². The molecule has 0 radical (unpaired) electrons. The summed E-state index contributed by atoms with van der Waals surface area (Å²) in [5, 5.41) is 9.01. The lowest BCUT2D eigenvalue weighted by Crippen LogP contribution is -2.37. The molecule has 1 aromatic carbocycles. The second-order valence-electron chi connectivity index (χ2n) is 4.21. The number of hydrogen-bond donors (Lipinski definition) is 2. The molecule has 4 heteroatoms. The summed E-state index contributed by atoms with van der Waals surface area (Å²) >= 11 is 0. The van der Waals surface area contributed by atoms with Crippen molar-refractivity contribution in [3.05, 3.63) is 23.8 Å². The average molecular weight is 225 g/mol. The first-order valence-electron chi connectivity index (χ1n) is 5.19. The summed E-state index contributed by atoms with van der Waals surface area (Å²) in [6.45, 7) is 4.22.